The number of aryl methyl sites for hydroxylation is 2. The Morgan fingerprint density at radius 2 is 1.92 bits per heavy atom. The molecule has 0 bridgehead atoms. The van der Waals surface area contributed by atoms with Crippen molar-refractivity contribution in [3.8, 4) is 5.75 Å². The monoisotopic (exact) mass is 351 g/mol. The van der Waals surface area contributed by atoms with Crippen LogP contribution in [0.3, 0.4) is 0 Å². The highest BCUT2D eigenvalue weighted by molar-refractivity contribution is 5.94. The number of para-hydroxylation sites is 2. The van der Waals surface area contributed by atoms with Gasteiger partial charge in [0.05, 0.1) is 18.1 Å². The molecule has 0 saturated carbocycles. The van der Waals surface area contributed by atoms with Crippen molar-refractivity contribution < 1.29 is 9.53 Å². The summed E-state index contributed by atoms with van der Waals surface area (Å²) < 4.78 is 7.40. The van der Waals surface area contributed by atoms with Gasteiger partial charge >= 0.3 is 0 Å². The lowest BCUT2D eigenvalue weighted by Gasteiger charge is -2.09. The normalized spacial score (nSPS) is 10.8. The summed E-state index contributed by atoms with van der Waals surface area (Å²) in [5.74, 6) is 1.78. The maximum absolute atomic E-state index is 12.2. The van der Waals surface area contributed by atoms with E-state index in [2.05, 4.69) is 35.0 Å². The number of methoxy groups -OCH3 is 1. The average molecular weight is 351 g/mol. The highest BCUT2D eigenvalue weighted by Crippen LogP contribution is 2.17. The topological polar surface area (TPSA) is 56.2 Å². The second-order valence-corrected chi connectivity index (χ2v) is 6.26. The van der Waals surface area contributed by atoms with Crippen molar-refractivity contribution in [1.82, 2.24) is 14.9 Å². The van der Waals surface area contributed by atoms with Crippen LogP contribution in [0.15, 0.2) is 48.5 Å². The van der Waals surface area contributed by atoms with E-state index >= 15 is 0 Å². The first-order chi connectivity index (χ1) is 12.7. The Kier molecular flexibility index (Phi) is 5.89. The van der Waals surface area contributed by atoms with Crippen LogP contribution in [-0.4, -0.2) is 29.1 Å². The molecule has 0 radical (unpaired) electrons. The third-order valence-electron chi connectivity index (χ3n) is 4.40. The molecular formula is C21H25N3O2. The van der Waals surface area contributed by atoms with Crippen LogP contribution in [-0.2, 0) is 13.0 Å². The van der Waals surface area contributed by atoms with Crippen LogP contribution in [0.4, 0.5) is 0 Å². The summed E-state index contributed by atoms with van der Waals surface area (Å²) in [4.78, 5) is 17.0. The number of carbonyl (C=O) groups excluding carboxylic acids is 1. The molecule has 3 rings (SSSR count). The third-order valence-corrected chi connectivity index (χ3v) is 4.40. The number of hydrogen-bond acceptors (Lipinski definition) is 3. The molecule has 0 aliphatic rings. The van der Waals surface area contributed by atoms with Crippen molar-refractivity contribution in [2.75, 3.05) is 13.7 Å². The van der Waals surface area contributed by atoms with Gasteiger partial charge in [-0.2, -0.15) is 0 Å². The van der Waals surface area contributed by atoms with E-state index in [0.717, 1.165) is 42.9 Å². The zero-order chi connectivity index (χ0) is 18.4. The molecule has 1 amide bonds. The number of amides is 1. The molecule has 0 atom stereocenters. The van der Waals surface area contributed by atoms with Gasteiger partial charge in [-0.1, -0.05) is 19.1 Å². The van der Waals surface area contributed by atoms with E-state index < -0.39 is 0 Å². The number of carbonyl (C=O) groups is 1. The fraction of sp³-hybridized carbons (Fsp3) is 0.333. The van der Waals surface area contributed by atoms with Gasteiger partial charge in [0.1, 0.15) is 11.6 Å². The van der Waals surface area contributed by atoms with E-state index in [9.17, 15) is 4.79 Å². The van der Waals surface area contributed by atoms with Crippen LogP contribution >= 0.6 is 0 Å². The smallest absolute Gasteiger partial charge is 0.251 e. The van der Waals surface area contributed by atoms with Crippen molar-refractivity contribution in [3.63, 3.8) is 0 Å². The van der Waals surface area contributed by atoms with Crippen molar-refractivity contribution in [1.29, 1.82) is 0 Å². The van der Waals surface area contributed by atoms with Crippen LogP contribution in [0.5, 0.6) is 5.75 Å². The number of nitrogens with zero attached hydrogens (tertiary/aromatic N) is 2. The van der Waals surface area contributed by atoms with Gasteiger partial charge in [-0.3, -0.25) is 4.79 Å². The summed E-state index contributed by atoms with van der Waals surface area (Å²) in [5, 5.41) is 2.98. The van der Waals surface area contributed by atoms with Gasteiger partial charge in [0, 0.05) is 25.1 Å². The Morgan fingerprint density at radius 3 is 2.65 bits per heavy atom. The lowest BCUT2D eigenvalue weighted by atomic mass is 10.2. The predicted octanol–water partition coefficient (Wildman–Crippen LogP) is 3.82. The maximum Gasteiger partial charge on any atom is 0.251 e. The number of benzene rings is 2. The van der Waals surface area contributed by atoms with Crippen molar-refractivity contribution >= 4 is 16.9 Å². The molecule has 26 heavy (non-hydrogen) atoms. The average Bonchev–Trinajstić information content (AvgIpc) is 3.03. The SMILES string of the molecule is CCCn1c(CCCNC(=O)c2ccc(OC)cc2)nc2ccccc21. The Bertz CT molecular complexity index is 869. The molecule has 136 valence electrons. The van der Waals surface area contributed by atoms with E-state index in [1.165, 1.54) is 5.52 Å². The molecule has 1 N–H and O–H groups in total. The van der Waals surface area contributed by atoms with E-state index in [1.807, 2.05) is 6.07 Å². The molecule has 5 heteroatoms. The van der Waals surface area contributed by atoms with Crippen LogP contribution in [0.25, 0.3) is 11.0 Å². The molecule has 2 aromatic carbocycles. The molecule has 0 aliphatic carbocycles. The summed E-state index contributed by atoms with van der Waals surface area (Å²) in [7, 11) is 1.61. The highest BCUT2D eigenvalue weighted by atomic mass is 16.5. The van der Waals surface area contributed by atoms with E-state index in [0.29, 0.717) is 12.1 Å². The first kappa shape index (κ1) is 18.0. The standard InChI is InChI=1S/C21H25N3O2/c1-3-15-24-19-8-5-4-7-18(19)23-20(24)9-6-14-22-21(25)16-10-12-17(26-2)13-11-16/h4-5,7-8,10-13H,3,6,9,14-15H2,1-2H3,(H,22,25). The number of aromatic nitrogens is 2. The fourth-order valence-electron chi connectivity index (χ4n) is 3.08. The number of rotatable bonds is 8. The van der Waals surface area contributed by atoms with Crippen LogP contribution < -0.4 is 10.1 Å². The number of ether oxygens (including phenoxy) is 1. The molecule has 0 spiro atoms. The number of fused-ring (bicyclic) bond motifs is 1. The Hall–Kier alpha value is -2.82. The minimum Gasteiger partial charge on any atom is -0.497 e. The molecule has 5 nitrogen and oxygen atoms in total. The number of nitrogens with one attached hydrogen (secondary N) is 1. The molecule has 0 unspecified atom stereocenters. The molecule has 1 heterocycles. The molecule has 1 aromatic heterocycles. The van der Waals surface area contributed by atoms with Gasteiger partial charge in [0.2, 0.25) is 0 Å². The quantitative estimate of drug-likeness (QED) is 0.628. The third kappa shape index (κ3) is 4.04. The predicted molar refractivity (Wildman–Crippen MR) is 104 cm³/mol. The lowest BCUT2D eigenvalue weighted by Crippen LogP contribution is -2.25. The van der Waals surface area contributed by atoms with Gasteiger partial charge < -0.3 is 14.6 Å². The van der Waals surface area contributed by atoms with Crippen LogP contribution in [0.1, 0.15) is 35.9 Å². The lowest BCUT2D eigenvalue weighted by molar-refractivity contribution is 0.0953. The van der Waals surface area contributed by atoms with E-state index in [-0.39, 0.29) is 5.91 Å². The van der Waals surface area contributed by atoms with Gasteiger partial charge in [-0.15, -0.1) is 0 Å². The van der Waals surface area contributed by atoms with E-state index in [4.69, 9.17) is 9.72 Å². The summed E-state index contributed by atoms with van der Waals surface area (Å²) in [6, 6.07) is 15.4. The molecule has 3 aromatic rings. The maximum atomic E-state index is 12.2. The van der Waals surface area contributed by atoms with Gasteiger partial charge in [-0.25, -0.2) is 4.98 Å². The minimum absolute atomic E-state index is 0.0604. The first-order valence-corrected chi connectivity index (χ1v) is 9.09. The van der Waals surface area contributed by atoms with Gasteiger partial charge in [-0.05, 0) is 49.2 Å². The highest BCUT2D eigenvalue weighted by Gasteiger charge is 2.10. The second kappa shape index (κ2) is 8.52. The summed E-state index contributed by atoms with van der Waals surface area (Å²) in [6.45, 7) is 3.77. The zero-order valence-corrected chi connectivity index (χ0v) is 15.4. The molecule has 0 aliphatic heterocycles. The fourth-order valence-corrected chi connectivity index (χ4v) is 3.08. The molecule has 0 saturated heterocycles. The first-order valence-electron chi connectivity index (χ1n) is 9.09. The Balaban J connectivity index is 1.57. The second-order valence-electron chi connectivity index (χ2n) is 6.26. The van der Waals surface area contributed by atoms with Crippen LogP contribution in [0.2, 0.25) is 0 Å². The van der Waals surface area contributed by atoms with Crippen molar-refractivity contribution in [2.45, 2.75) is 32.7 Å². The molecule has 0 fully saturated rings. The summed E-state index contributed by atoms with van der Waals surface area (Å²) in [6.07, 6.45) is 2.77. The number of hydrogen-bond donors (Lipinski definition) is 1. The van der Waals surface area contributed by atoms with Crippen molar-refractivity contribution in [3.05, 3.63) is 59.9 Å². The molecular weight excluding hydrogens is 326 g/mol. The van der Waals surface area contributed by atoms with Gasteiger partial charge in [0.25, 0.3) is 5.91 Å². The number of imidazole rings is 1. The zero-order valence-electron chi connectivity index (χ0n) is 15.4. The van der Waals surface area contributed by atoms with Crippen molar-refractivity contribution in [2.24, 2.45) is 0 Å². The van der Waals surface area contributed by atoms with E-state index in [1.54, 1.807) is 31.4 Å². The summed E-state index contributed by atoms with van der Waals surface area (Å²) in [5.41, 5.74) is 2.87. The van der Waals surface area contributed by atoms with Gasteiger partial charge in [0.15, 0.2) is 0 Å². The minimum atomic E-state index is -0.0604. The Morgan fingerprint density at radius 1 is 1.15 bits per heavy atom. The Labute approximate surface area is 154 Å². The largest absolute Gasteiger partial charge is 0.497 e. The van der Waals surface area contributed by atoms with Crippen LogP contribution in [0, 0.1) is 0 Å². The summed E-state index contributed by atoms with van der Waals surface area (Å²) >= 11 is 0.